The van der Waals surface area contributed by atoms with E-state index in [1.165, 1.54) is 6.07 Å². The molecule has 2 aromatic rings. The first-order valence-electron chi connectivity index (χ1n) is 6.14. The molecule has 6 heteroatoms. The van der Waals surface area contributed by atoms with Gasteiger partial charge in [0.05, 0.1) is 16.9 Å². The molecule has 0 aliphatic carbocycles. The van der Waals surface area contributed by atoms with Gasteiger partial charge in [0, 0.05) is 17.6 Å². The zero-order valence-corrected chi connectivity index (χ0v) is 13.3. The molecule has 0 bridgehead atoms. The van der Waals surface area contributed by atoms with E-state index in [2.05, 4.69) is 39.7 Å². The summed E-state index contributed by atoms with van der Waals surface area (Å²) in [5.74, 6) is 0.372. The van der Waals surface area contributed by atoms with Crippen LogP contribution >= 0.6 is 27.5 Å². The van der Waals surface area contributed by atoms with Crippen molar-refractivity contribution in [2.24, 2.45) is 0 Å². The number of anilines is 2. The highest BCUT2D eigenvalue weighted by Gasteiger charge is 2.38. The molecule has 0 atom stereocenters. The fraction of sp³-hybridized carbons (Fsp3) is 0.286. The van der Waals surface area contributed by atoms with Gasteiger partial charge in [0.25, 0.3) is 0 Å². The lowest BCUT2D eigenvalue weighted by atomic mass is 9.92. The van der Waals surface area contributed by atoms with Gasteiger partial charge in [0.1, 0.15) is 10.4 Å². The summed E-state index contributed by atoms with van der Waals surface area (Å²) >= 11 is 9.22. The zero-order valence-electron chi connectivity index (χ0n) is 11.0. The fourth-order valence-corrected chi connectivity index (χ4v) is 2.88. The zero-order chi connectivity index (χ0) is 14.5. The van der Waals surface area contributed by atoms with E-state index in [4.69, 9.17) is 11.6 Å². The van der Waals surface area contributed by atoms with Crippen LogP contribution in [0.25, 0.3) is 0 Å². The van der Waals surface area contributed by atoms with Crippen LogP contribution in [0.2, 0.25) is 5.02 Å². The van der Waals surface area contributed by atoms with Gasteiger partial charge in [-0.2, -0.15) is 0 Å². The van der Waals surface area contributed by atoms with Crippen molar-refractivity contribution in [2.75, 3.05) is 11.4 Å². The molecule has 0 saturated carbocycles. The van der Waals surface area contributed by atoms with Gasteiger partial charge in [-0.25, -0.2) is 14.4 Å². The Morgan fingerprint density at radius 3 is 2.85 bits per heavy atom. The van der Waals surface area contributed by atoms with Crippen molar-refractivity contribution in [3.63, 3.8) is 0 Å². The van der Waals surface area contributed by atoms with E-state index in [1.807, 2.05) is 4.90 Å². The van der Waals surface area contributed by atoms with Crippen LogP contribution in [0.15, 0.2) is 29.0 Å². The van der Waals surface area contributed by atoms with Crippen LogP contribution in [-0.4, -0.2) is 16.5 Å². The summed E-state index contributed by atoms with van der Waals surface area (Å²) in [4.78, 5) is 11.0. The molecule has 0 N–H and O–H groups in total. The van der Waals surface area contributed by atoms with Gasteiger partial charge in [0.15, 0.2) is 5.82 Å². The Balaban J connectivity index is 2.12. The fourth-order valence-electron chi connectivity index (χ4n) is 2.42. The Morgan fingerprint density at radius 2 is 2.15 bits per heavy atom. The first-order valence-corrected chi connectivity index (χ1v) is 7.31. The summed E-state index contributed by atoms with van der Waals surface area (Å²) < 4.78 is 14.0. The van der Waals surface area contributed by atoms with Crippen LogP contribution in [0.1, 0.15) is 19.5 Å². The summed E-state index contributed by atoms with van der Waals surface area (Å²) in [5.41, 5.74) is 1.61. The number of nitrogens with zero attached hydrogens (tertiary/aromatic N) is 3. The van der Waals surface area contributed by atoms with E-state index < -0.39 is 5.82 Å². The lowest BCUT2D eigenvalue weighted by Gasteiger charge is -2.21. The first-order chi connectivity index (χ1) is 9.38. The second-order valence-corrected chi connectivity index (χ2v) is 6.65. The highest BCUT2D eigenvalue weighted by atomic mass is 79.9. The molecule has 20 heavy (non-hydrogen) atoms. The molecule has 104 valence electrons. The SMILES string of the molecule is CC1(C)CN(c2ccc(F)c(Cl)c2)c2ncc(Br)nc21. The highest BCUT2D eigenvalue weighted by Crippen LogP contribution is 2.42. The standard InChI is InChI=1S/C14H12BrClFN3/c1-14(2)7-20(8-3-4-10(17)9(16)5-8)13-12(14)19-11(15)6-18-13/h3-6H,7H2,1-2H3. The number of hydrogen-bond donors (Lipinski definition) is 0. The Bertz CT molecular complexity index is 690. The molecule has 0 saturated heterocycles. The highest BCUT2D eigenvalue weighted by molar-refractivity contribution is 9.10. The molecule has 0 fully saturated rings. The number of rotatable bonds is 1. The van der Waals surface area contributed by atoms with Gasteiger partial charge in [-0.1, -0.05) is 25.4 Å². The molecule has 0 radical (unpaired) electrons. The first kappa shape index (κ1) is 13.8. The van der Waals surface area contributed by atoms with E-state index in [0.717, 1.165) is 23.7 Å². The third kappa shape index (κ3) is 2.19. The summed E-state index contributed by atoms with van der Waals surface area (Å²) in [6.07, 6.45) is 1.67. The van der Waals surface area contributed by atoms with Gasteiger partial charge in [-0.3, -0.25) is 0 Å². The monoisotopic (exact) mass is 355 g/mol. The van der Waals surface area contributed by atoms with Gasteiger partial charge >= 0.3 is 0 Å². The molecule has 0 amide bonds. The number of aromatic nitrogens is 2. The Morgan fingerprint density at radius 1 is 1.40 bits per heavy atom. The van der Waals surface area contributed by atoms with E-state index in [0.29, 0.717) is 4.60 Å². The van der Waals surface area contributed by atoms with Gasteiger partial charge in [-0.15, -0.1) is 0 Å². The third-order valence-corrected chi connectivity index (χ3v) is 4.06. The van der Waals surface area contributed by atoms with Gasteiger partial charge in [0.2, 0.25) is 0 Å². The number of benzene rings is 1. The number of halogens is 3. The average Bonchev–Trinajstić information content (AvgIpc) is 2.65. The van der Waals surface area contributed by atoms with Crippen LogP contribution in [0.4, 0.5) is 15.9 Å². The summed E-state index contributed by atoms with van der Waals surface area (Å²) in [6.45, 7) is 4.94. The normalized spacial score (nSPS) is 16.4. The van der Waals surface area contributed by atoms with Crippen molar-refractivity contribution in [2.45, 2.75) is 19.3 Å². The van der Waals surface area contributed by atoms with Gasteiger partial charge in [-0.05, 0) is 34.1 Å². The van der Waals surface area contributed by atoms with Gasteiger partial charge < -0.3 is 4.90 Å². The van der Waals surface area contributed by atoms with E-state index in [9.17, 15) is 4.39 Å². The van der Waals surface area contributed by atoms with Crippen LogP contribution < -0.4 is 4.90 Å². The number of hydrogen-bond acceptors (Lipinski definition) is 3. The predicted octanol–water partition coefficient (Wildman–Crippen LogP) is 4.46. The largest absolute Gasteiger partial charge is 0.324 e. The molecular formula is C14H12BrClFN3. The van der Waals surface area contributed by atoms with E-state index in [1.54, 1.807) is 18.3 Å². The maximum atomic E-state index is 13.3. The maximum Gasteiger partial charge on any atom is 0.155 e. The smallest absolute Gasteiger partial charge is 0.155 e. The molecule has 2 heterocycles. The Labute approximate surface area is 129 Å². The predicted molar refractivity (Wildman–Crippen MR) is 81.2 cm³/mol. The molecule has 1 aromatic carbocycles. The van der Waals surface area contributed by atoms with Crippen molar-refractivity contribution in [1.82, 2.24) is 9.97 Å². The molecule has 1 aliphatic rings. The molecule has 3 rings (SSSR count). The maximum absolute atomic E-state index is 13.3. The molecule has 3 nitrogen and oxygen atoms in total. The van der Waals surface area contributed by atoms with Crippen molar-refractivity contribution in [3.8, 4) is 0 Å². The minimum atomic E-state index is -0.420. The molecule has 0 unspecified atom stereocenters. The van der Waals surface area contributed by atoms with Crippen molar-refractivity contribution in [3.05, 3.63) is 45.5 Å². The minimum absolute atomic E-state index is 0.110. The lowest BCUT2D eigenvalue weighted by Crippen LogP contribution is -2.25. The van der Waals surface area contributed by atoms with Crippen LogP contribution in [-0.2, 0) is 5.41 Å². The quantitative estimate of drug-likeness (QED) is 0.755. The van der Waals surface area contributed by atoms with E-state index >= 15 is 0 Å². The molecule has 0 spiro atoms. The van der Waals surface area contributed by atoms with Crippen molar-refractivity contribution in [1.29, 1.82) is 0 Å². The Hall–Kier alpha value is -1.20. The summed E-state index contributed by atoms with van der Waals surface area (Å²) in [7, 11) is 0. The summed E-state index contributed by atoms with van der Waals surface area (Å²) in [6, 6.07) is 4.69. The molecule has 1 aromatic heterocycles. The topological polar surface area (TPSA) is 29.0 Å². The van der Waals surface area contributed by atoms with Crippen LogP contribution in [0, 0.1) is 5.82 Å². The second-order valence-electron chi connectivity index (χ2n) is 5.43. The van der Waals surface area contributed by atoms with Crippen molar-refractivity contribution >= 4 is 39.0 Å². The number of fused-ring (bicyclic) bond motifs is 1. The molecule has 1 aliphatic heterocycles. The lowest BCUT2D eigenvalue weighted by molar-refractivity contribution is 0.552. The molecular weight excluding hydrogens is 345 g/mol. The van der Waals surface area contributed by atoms with Crippen LogP contribution in [0.3, 0.4) is 0 Å². The second kappa shape index (κ2) is 4.67. The van der Waals surface area contributed by atoms with Crippen LogP contribution in [0.5, 0.6) is 0 Å². The Kier molecular flexibility index (Phi) is 3.21. The third-order valence-electron chi connectivity index (χ3n) is 3.39. The average molecular weight is 357 g/mol. The summed E-state index contributed by atoms with van der Waals surface area (Å²) in [5, 5.41) is 0.110. The van der Waals surface area contributed by atoms with E-state index in [-0.39, 0.29) is 10.4 Å². The van der Waals surface area contributed by atoms with Crippen molar-refractivity contribution < 1.29 is 4.39 Å². The minimum Gasteiger partial charge on any atom is -0.324 e.